The molecule has 1 N–H and O–H groups in total. The lowest BCUT2D eigenvalue weighted by atomic mass is 9.98. The quantitative estimate of drug-likeness (QED) is 0.884. The molecule has 2 rings (SSSR count). The number of ether oxygens (including phenoxy) is 1. The summed E-state index contributed by atoms with van der Waals surface area (Å²) < 4.78 is 10.4. The SMILES string of the molecule is COc1ccccc1CC(C(=O)O)c1nnc(C)o1. The van der Waals surface area contributed by atoms with E-state index in [1.54, 1.807) is 20.1 Å². The van der Waals surface area contributed by atoms with Gasteiger partial charge in [0.2, 0.25) is 11.8 Å². The second-order valence-electron chi connectivity index (χ2n) is 4.07. The molecule has 0 saturated heterocycles. The highest BCUT2D eigenvalue weighted by Gasteiger charge is 2.27. The third-order valence-electron chi connectivity index (χ3n) is 2.75. The first-order chi connectivity index (χ1) is 9.11. The minimum Gasteiger partial charge on any atom is -0.496 e. The van der Waals surface area contributed by atoms with Crippen LogP contribution in [0.25, 0.3) is 0 Å². The monoisotopic (exact) mass is 262 g/mol. The maximum atomic E-state index is 11.3. The molecular weight excluding hydrogens is 248 g/mol. The average molecular weight is 262 g/mol. The predicted molar refractivity (Wildman–Crippen MR) is 66.1 cm³/mol. The molecule has 19 heavy (non-hydrogen) atoms. The minimum absolute atomic E-state index is 0.107. The highest BCUT2D eigenvalue weighted by atomic mass is 16.5. The number of aliphatic carboxylic acids is 1. The van der Waals surface area contributed by atoms with Crippen LogP contribution in [0.5, 0.6) is 5.75 Å². The number of aryl methyl sites for hydroxylation is 1. The molecule has 1 heterocycles. The van der Waals surface area contributed by atoms with Gasteiger partial charge in [-0.1, -0.05) is 18.2 Å². The largest absolute Gasteiger partial charge is 0.496 e. The zero-order chi connectivity index (χ0) is 13.8. The number of carboxylic acid groups (broad SMARTS) is 1. The van der Waals surface area contributed by atoms with E-state index in [0.717, 1.165) is 5.56 Å². The fourth-order valence-electron chi connectivity index (χ4n) is 1.82. The van der Waals surface area contributed by atoms with Crippen molar-refractivity contribution < 1.29 is 19.1 Å². The maximum absolute atomic E-state index is 11.3. The molecule has 1 aromatic carbocycles. The third kappa shape index (κ3) is 2.90. The van der Waals surface area contributed by atoms with Gasteiger partial charge in [-0.25, -0.2) is 0 Å². The van der Waals surface area contributed by atoms with Crippen LogP contribution in [0.15, 0.2) is 28.7 Å². The Hall–Kier alpha value is -2.37. The standard InChI is InChI=1S/C13H14N2O4/c1-8-14-15-12(19-8)10(13(16)17)7-9-5-3-4-6-11(9)18-2/h3-6,10H,7H2,1-2H3,(H,16,17). The number of nitrogens with zero attached hydrogens (tertiary/aromatic N) is 2. The Morgan fingerprint density at radius 2 is 2.16 bits per heavy atom. The first-order valence-corrected chi connectivity index (χ1v) is 5.76. The molecule has 0 saturated carbocycles. The second kappa shape index (κ2) is 5.51. The molecular formula is C13H14N2O4. The summed E-state index contributed by atoms with van der Waals surface area (Å²) in [6, 6.07) is 7.26. The smallest absolute Gasteiger partial charge is 0.316 e. The van der Waals surface area contributed by atoms with Crippen LogP contribution in [0.2, 0.25) is 0 Å². The van der Waals surface area contributed by atoms with E-state index in [-0.39, 0.29) is 12.3 Å². The van der Waals surface area contributed by atoms with Crippen LogP contribution in [-0.4, -0.2) is 28.4 Å². The number of rotatable bonds is 5. The summed E-state index contributed by atoms with van der Waals surface area (Å²) in [7, 11) is 1.55. The van der Waals surface area contributed by atoms with Crippen molar-refractivity contribution in [1.82, 2.24) is 10.2 Å². The van der Waals surface area contributed by atoms with Crippen LogP contribution in [-0.2, 0) is 11.2 Å². The summed E-state index contributed by atoms with van der Waals surface area (Å²) in [6.07, 6.45) is 0.237. The molecule has 1 atom stereocenters. The normalized spacial score (nSPS) is 12.1. The molecule has 100 valence electrons. The van der Waals surface area contributed by atoms with Crippen LogP contribution in [0.1, 0.15) is 23.3 Å². The van der Waals surface area contributed by atoms with Gasteiger partial charge in [0, 0.05) is 6.92 Å². The summed E-state index contributed by atoms with van der Waals surface area (Å²) in [5, 5.41) is 16.7. The van der Waals surface area contributed by atoms with E-state index in [2.05, 4.69) is 10.2 Å². The zero-order valence-electron chi connectivity index (χ0n) is 10.7. The first-order valence-electron chi connectivity index (χ1n) is 5.76. The van der Waals surface area contributed by atoms with Crippen molar-refractivity contribution >= 4 is 5.97 Å². The van der Waals surface area contributed by atoms with Gasteiger partial charge < -0.3 is 14.3 Å². The Morgan fingerprint density at radius 3 is 2.74 bits per heavy atom. The highest BCUT2D eigenvalue weighted by Crippen LogP contribution is 2.26. The Balaban J connectivity index is 2.29. The number of carboxylic acids is 1. The van der Waals surface area contributed by atoms with Gasteiger partial charge >= 0.3 is 5.97 Å². The summed E-state index contributed by atoms with van der Waals surface area (Å²) >= 11 is 0. The van der Waals surface area contributed by atoms with Crippen LogP contribution < -0.4 is 4.74 Å². The summed E-state index contributed by atoms with van der Waals surface area (Å²) in [5.74, 6) is -0.783. The third-order valence-corrected chi connectivity index (χ3v) is 2.75. The van der Waals surface area contributed by atoms with Crippen LogP contribution in [0.3, 0.4) is 0 Å². The Kier molecular flexibility index (Phi) is 3.79. The Bertz CT molecular complexity index is 580. The molecule has 1 aromatic heterocycles. The molecule has 0 aliphatic heterocycles. The van der Waals surface area contributed by atoms with Gasteiger partial charge in [0.15, 0.2) is 0 Å². The van der Waals surface area contributed by atoms with Crippen molar-refractivity contribution in [2.24, 2.45) is 0 Å². The van der Waals surface area contributed by atoms with Gasteiger partial charge in [0.25, 0.3) is 0 Å². The molecule has 0 spiro atoms. The fourth-order valence-corrected chi connectivity index (χ4v) is 1.82. The lowest BCUT2D eigenvalue weighted by molar-refractivity contribution is -0.139. The molecule has 0 radical (unpaired) electrons. The number of aromatic nitrogens is 2. The fraction of sp³-hybridized carbons (Fsp3) is 0.308. The van der Waals surface area contributed by atoms with Crippen molar-refractivity contribution in [3.05, 3.63) is 41.6 Å². The van der Waals surface area contributed by atoms with Gasteiger partial charge in [-0.15, -0.1) is 10.2 Å². The lowest BCUT2D eigenvalue weighted by Crippen LogP contribution is -2.15. The summed E-state index contributed by atoms with van der Waals surface area (Å²) in [4.78, 5) is 11.3. The van der Waals surface area contributed by atoms with Crippen LogP contribution in [0.4, 0.5) is 0 Å². The molecule has 6 heteroatoms. The molecule has 0 amide bonds. The van der Waals surface area contributed by atoms with Crippen molar-refractivity contribution in [3.63, 3.8) is 0 Å². The zero-order valence-corrected chi connectivity index (χ0v) is 10.7. The number of benzene rings is 1. The van der Waals surface area contributed by atoms with E-state index >= 15 is 0 Å². The molecule has 0 bridgehead atoms. The number of carbonyl (C=O) groups is 1. The predicted octanol–water partition coefficient (Wildman–Crippen LogP) is 1.80. The molecule has 0 aliphatic rings. The Morgan fingerprint density at radius 1 is 1.42 bits per heavy atom. The van der Waals surface area contributed by atoms with Gasteiger partial charge in [-0.2, -0.15) is 0 Å². The van der Waals surface area contributed by atoms with Crippen molar-refractivity contribution in [2.75, 3.05) is 7.11 Å². The maximum Gasteiger partial charge on any atom is 0.316 e. The van der Waals surface area contributed by atoms with E-state index in [1.165, 1.54) is 0 Å². The van der Waals surface area contributed by atoms with E-state index in [9.17, 15) is 9.90 Å². The van der Waals surface area contributed by atoms with Gasteiger partial charge in [0.1, 0.15) is 11.7 Å². The van der Waals surface area contributed by atoms with Gasteiger partial charge in [-0.3, -0.25) is 4.79 Å². The lowest BCUT2D eigenvalue weighted by Gasteiger charge is -2.11. The van der Waals surface area contributed by atoms with Gasteiger partial charge in [-0.05, 0) is 18.1 Å². The van der Waals surface area contributed by atoms with Crippen molar-refractivity contribution in [2.45, 2.75) is 19.3 Å². The number of para-hydroxylation sites is 1. The van der Waals surface area contributed by atoms with Gasteiger partial charge in [0.05, 0.1) is 7.11 Å². The van der Waals surface area contributed by atoms with E-state index < -0.39 is 11.9 Å². The molecule has 2 aromatic rings. The van der Waals surface area contributed by atoms with Crippen molar-refractivity contribution in [1.29, 1.82) is 0 Å². The topological polar surface area (TPSA) is 85.5 Å². The first kappa shape index (κ1) is 13.1. The summed E-state index contributed by atoms with van der Waals surface area (Å²) in [6.45, 7) is 1.62. The molecule has 6 nitrogen and oxygen atoms in total. The van der Waals surface area contributed by atoms with E-state index in [1.807, 2.05) is 18.2 Å². The summed E-state index contributed by atoms with van der Waals surface area (Å²) in [5.41, 5.74) is 0.785. The highest BCUT2D eigenvalue weighted by molar-refractivity contribution is 5.75. The average Bonchev–Trinajstić information content (AvgIpc) is 2.82. The van der Waals surface area contributed by atoms with E-state index in [0.29, 0.717) is 11.6 Å². The number of hydrogen-bond donors (Lipinski definition) is 1. The molecule has 0 fully saturated rings. The molecule has 0 aliphatic carbocycles. The molecule has 1 unspecified atom stereocenters. The van der Waals surface area contributed by atoms with Crippen LogP contribution in [0, 0.1) is 6.92 Å². The minimum atomic E-state index is -1.01. The second-order valence-corrected chi connectivity index (χ2v) is 4.07. The number of methoxy groups -OCH3 is 1. The van der Waals surface area contributed by atoms with Crippen molar-refractivity contribution in [3.8, 4) is 5.75 Å². The Labute approximate surface area is 110 Å². The van der Waals surface area contributed by atoms with E-state index in [4.69, 9.17) is 9.15 Å². The van der Waals surface area contributed by atoms with Crippen LogP contribution >= 0.6 is 0 Å². The number of hydrogen-bond acceptors (Lipinski definition) is 5.